The number of hydrogen-bond donors (Lipinski definition) is 0. The minimum atomic E-state index is -0.712. The summed E-state index contributed by atoms with van der Waals surface area (Å²) in [6.07, 6.45) is -1.64. The Labute approximate surface area is 372 Å². The Bertz CT molecular complexity index is 2180. The molecule has 1 aliphatic heterocycles. The summed E-state index contributed by atoms with van der Waals surface area (Å²) in [6.45, 7) is 4.00. The molecule has 0 bridgehead atoms. The SMILES string of the molecule is CCc1ccc(Cc2cc(C3OC(COCc4ccccc4)C(OCc4ccccc4)C(OCc4ccccc4)[C@H]3OCc3ccccc3)c(OCCCl)c(Br)c2Cl)cc1. The summed E-state index contributed by atoms with van der Waals surface area (Å²) in [6, 6.07) is 51.3. The van der Waals surface area contributed by atoms with E-state index in [0.717, 1.165) is 45.4 Å². The van der Waals surface area contributed by atoms with E-state index in [4.69, 9.17) is 51.6 Å². The van der Waals surface area contributed by atoms with Crippen LogP contribution in [0.4, 0.5) is 0 Å². The van der Waals surface area contributed by atoms with Crippen LogP contribution in [0.5, 0.6) is 5.75 Å². The second-order valence-electron chi connectivity index (χ2n) is 14.8. The van der Waals surface area contributed by atoms with Gasteiger partial charge in [0.2, 0.25) is 0 Å². The van der Waals surface area contributed by atoms with Crippen LogP contribution in [0.3, 0.4) is 0 Å². The van der Waals surface area contributed by atoms with Crippen molar-refractivity contribution < 1.29 is 28.4 Å². The molecule has 6 nitrogen and oxygen atoms in total. The summed E-state index contributed by atoms with van der Waals surface area (Å²) in [7, 11) is 0. The van der Waals surface area contributed by atoms with Gasteiger partial charge in [0, 0.05) is 5.56 Å². The van der Waals surface area contributed by atoms with E-state index in [1.54, 1.807) is 0 Å². The number of halogens is 3. The van der Waals surface area contributed by atoms with Crippen molar-refractivity contribution in [2.75, 3.05) is 19.1 Å². The zero-order chi connectivity index (χ0) is 41.5. The zero-order valence-corrected chi connectivity index (χ0v) is 36.9. The average molecular weight is 911 g/mol. The van der Waals surface area contributed by atoms with E-state index in [9.17, 15) is 0 Å². The van der Waals surface area contributed by atoms with Crippen molar-refractivity contribution >= 4 is 39.1 Å². The molecule has 0 amide bonds. The van der Waals surface area contributed by atoms with Crippen LogP contribution >= 0.6 is 39.1 Å². The molecule has 1 heterocycles. The molecule has 60 heavy (non-hydrogen) atoms. The van der Waals surface area contributed by atoms with Crippen LogP contribution in [0, 0.1) is 0 Å². The smallest absolute Gasteiger partial charge is 0.140 e. The fraction of sp³-hybridized carbons (Fsp3) is 0.294. The third-order valence-electron chi connectivity index (χ3n) is 10.6. The Balaban J connectivity index is 1.34. The average Bonchev–Trinajstić information content (AvgIpc) is 3.30. The van der Waals surface area contributed by atoms with Gasteiger partial charge in [0.15, 0.2) is 0 Å². The third kappa shape index (κ3) is 11.9. The van der Waals surface area contributed by atoms with Crippen LogP contribution in [-0.2, 0) is 63.0 Å². The highest BCUT2D eigenvalue weighted by atomic mass is 79.9. The highest BCUT2D eigenvalue weighted by Gasteiger charge is 2.50. The normalized spacial score (nSPS) is 19.0. The predicted molar refractivity (Wildman–Crippen MR) is 243 cm³/mol. The predicted octanol–water partition coefficient (Wildman–Crippen LogP) is 12.3. The van der Waals surface area contributed by atoms with E-state index in [1.165, 1.54) is 5.56 Å². The van der Waals surface area contributed by atoms with Crippen molar-refractivity contribution in [3.8, 4) is 5.75 Å². The molecule has 1 saturated heterocycles. The molecule has 0 aliphatic carbocycles. The van der Waals surface area contributed by atoms with Crippen LogP contribution in [0.2, 0.25) is 5.02 Å². The van der Waals surface area contributed by atoms with Gasteiger partial charge in [0.1, 0.15) is 42.9 Å². The molecule has 312 valence electrons. The minimum Gasteiger partial charge on any atom is -0.491 e. The molecule has 7 rings (SSSR count). The molecule has 0 radical (unpaired) electrons. The largest absolute Gasteiger partial charge is 0.491 e. The number of ether oxygens (including phenoxy) is 6. The standard InChI is InChI=1S/C51H51BrCl2O6/c1-2-36-23-25-37(26-24-36)29-42-30-43(47(56-28-27-53)45(52)46(42)54)48-50(58-33-40-19-11-5-12-20-40)51(59-34-41-21-13-6-14-22-41)49(57-32-39-17-9-4-10-18-39)44(60-48)35-55-31-38-15-7-3-8-16-38/h3-26,30,44,48-51H,2,27-29,31-35H2,1H3/t44?,48?,49?,50-,51?/m0/s1. The van der Waals surface area contributed by atoms with Gasteiger partial charge in [-0.15, -0.1) is 11.6 Å². The van der Waals surface area contributed by atoms with Crippen molar-refractivity contribution in [3.05, 3.63) is 206 Å². The van der Waals surface area contributed by atoms with Crippen molar-refractivity contribution in [2.24, 2.45) is 0 Å². The Morgan fingerprint density at radius 3 is 1.58 bits per heavy atom. The summed E-state index contributed by atoms with van der Waals surface area (Å²) >= 11 is 17.3. The van der Waals surface area contributed by atoms with E-state index in [0.29, 0.717) is 48.1 Å². The fourth-order valence-electron chi connectivity index (χ4n) is 7.46. The number of rotatable bonds is 20. The van der Waals surface area contributed by atoms with E-state index in [-0.39, 0.29) is 19.1 Å². The van der Waals surface area contributed by atoms with Crippen LogP contribution in [0.25, 0.3) is 0 Å². The van der Waals surface area contributed by atoms with Crippen molar-refractivity contribution in [1.29, 1.82) is 0 Å². The molecule has 0 spiro atoms. The van der Waals surface area contributed by atoms with E-state index in [2.05, 4.69) is 102 Å². The Hall–Kier alpha value is -4.02. The molecule has 4 unspecified atom stereocenters. The molecule has 0 saturated carbocycles. The Kier molecular flexibility index (Phi) is 16.7. The number of alkyl halides is 1. The number of aryl methyl sites for hydroxylation is 1. The lowest BCUT2D eigenvalue weighted by atomic mass is 9.88. The highest BCUT2D eigenvalue weighted by molar-refractivity contribution is 9.10. The lowest BCUT2D eigenvalue weighted by Crippen LogP contribution is -2.58. The molecular weight excluding hydrogens is 859 g/mol. The fourth-order valence-corrected chi connectivity index (χ4v) is 8.35. The summed E-state index contributed by atoms with van der Waals surface area (Å²) in [4.78, 5) is 0. The molecular formula is C51H51BrCl2O6. The monoisotopic (exact) mass is 908 g/mol. The van der Waals surface area contributed by atoms with Crippen molar-refractivity contribution in [2.45, 2.75) is 76.7 Å². The first-order chi connectivity index (χ1) is 29.5. The molecule has 6 aromatic rings. The van der Waals surface area contributed by atoms with E-state index >= 15 is 0 Å². The van der Waals surface area contributed by atoms with Crippen molar-refractivity contribution in [1.82, 2.24) is 0 Å². The van der Waals surface area contributed by atoms with Crippen LogP contribution in [0.1, 0.15) is 57.5 Å². The summed E-state index contributed by atoms with van der Waals surface area (Å²) in [5.41, 5.74) is 8.21. The van der Waals surface area contributed by atoms with Gasteiger partial charge in [-0.1, -0.05) is 164 Å². The van der Waals surface area contributed by atoms with Gasteiger partial charge < -0.3 is 28.4 Å². The van der Waals surface area contributed by atoms with E-state index in [1.807, 2.05) is 72.8 Å². The first-order valence-electron chi connectivity index (χ1n) is 20.5. The molecule has 0 aromatic heterocycles. The van der Waals surface area contributed by atoms with Gasteiger partial charge in [-0.05, 0) is 73.8 Å². The van der Waals surface area contributed by atoms with Crippen molar-refractivity contribution in [3.63, 3.8) is 0 Å². The molecule has 1 fully saturated rings. The van der Waals surface area contributed by atoms with Crippen LogP contribution in [0.15, 0.2) is 156 Å². The first-order valence-corrected chi connectivity index (χ1v) is 22.2. The zero-order valence-electron chi connectivity index (χ0n) is 33.8. The van der Waals surface area contributed by atoms with Gasteiger partial charge in [0.25, 0.3) is 0 Å². The third-order valence-corrected chi connectivity index (χ3v) is 12.2. The maximum Gasteiger partial charge on any atom is 0.140 e. The van der Waals surface area contributed by atoms with Gasteiger partial charge in [0.05, 0.1) is 48.4 Å². The lowest BCUT2D eigenvalue weighted by molar-refractivity contribution is -0.275. The van der Waals surface area contributed by atoms with Gasteiger partial charge in [-0.2, -0.15) is 0 Å². The number of benzene rings is 6. The maximum absolute atomic E-state index is 7.31. The van der Waals surface area contributed by atoms with Crippen LogP contribution in [-0.4, -0.2) is 43.5 Å². The second-order valence-corrected chi connectivity index (χ2v) is 16.4. The minimum absolute atomic E-state index is 0.227. The van der Waals surface area contributed by atoms with Gasteiger partial charge >= 0.3 is 0 Å². The number of hydrogen-bond acceptors (Lipinski definition) is 6. The second kappa shape index (κ2) is 22.7. The summed E-state index contributed by atoms with van der Waals surface area (Å²) in [5, 5.41) is 0.559. The highest BCUT2D eigenvalue weighted by Crippen LogP contribution is 2.47. The quantitative estimate of drug-likeness (QED) is 0.0712. The van der Waals surface area contributed by atoms with Gasteiger partial charge in [-0.25, -0.2) is 0 Å². The molecule has 1 aliphatic rings. The molecule has 9 heteroatoms. The molecule has 6 aromatic carbocycles. The maximum atomic E-state index is 7.31. The molecule has 0 N–H and O–H groups in total. The Morgan fingerprint density at radius 1 is 0.583 bits per heavy atom. The molecule has 5 atom stereocenters. The Morgan fingerprint density at radius 2 is 1.07 bits per heavy atom. The summed E-state index contributed by atoms with van der Waals surface area (Å²) in [5.74, 6) is 0.821. The van der Waals surface area contributed by atoms with Gasteiger partial charge in [-0.3, -0.25) is 0 Å². The lowest BCUT2D eigenvalue weighted by Gasteiger charge is -2.47. The van der Waals surface area contributed by atoms with E-state index < -0.39 is 30.5 Å². The topological polar surface area (TPSA) is 55.4 Å². The van der Waals surface area contributed by atoms with Crippen LogP contribution < -0.4 is 4.74 Å². The summed E-state index contributed by atoms with van der Waals surface area (Å²) < 4.78 is 41.9. The first kappa shape index (κ1) is 44.0.